The Morgan fingerprint density at radius 2 is 2.64 bits per heavy atom. The lowest BCUT2D eigenvalue weighted by atomic mass is 10.2. The van der Waals surface area contributed by atoms with Gasteiger partial charge in [0.15, 0.2) is 0 Å². The van der Waals surface area contributed by atoms with Gasteiger partial charge in [0.2, 0.25) is 0 Å². The Labute approximate surface area is 89.0 Å². The van der Waals surface area contributed by atoms with Gasteiger partial charge in [0.1, 0.15) is 0 Å². The van der Waals surface area contributed by atoms with Crippen LogP contribution < -0.4 is 0 Å². The summed E-state index contributed by atoms with van der Waals surface area (Å²) < 4.78 is 7.29. The molecule has 4 heteroatoms. The zero-order chi connectivity index (χ0) is 9.97. The lowest BCUT2D eigenvalue weighted by molar-refractivity contribution is 0.184. The Morgan fingerprint density at radius 3 is 3.29 bits per heavy atom. The second kappa shape index (κ2) is 4.32. The molecule has 1 aliphatic rings. The topological polar surface area (TPSA) is 27.1 Å². The lowest BCUT2D eigenvalue weighted by Gasteiger charge is -2.07. The number of halogens is 1. The summed E-state index contributed by atoms with van der Waals surface area (Å²) in [6.07, 6.45) is 5.90. The molecule has 0 aromatic carbocycles. The maximum Gasteiger partial charge on any atom is 0.0774 e. The van der Waals surface area contributed by atoms with Gasteiger partial charge in [0.25, 0.3) is 0 Å². The highest BCUT2D eigenvalue weighted by Gasteiger charge is 2.19. The molecule has 14 heavy (non-hydrogen) atoms. The van der Waals surface area contributed by atoms with Crippen LogP contribution in [-0.2, 0) is 4.74 Å². The van der Waals surface area contributed by atoms with Crippen LogP contribution in [0.2, 0.25) is 0 Å². The maximum absolute atomic E-state index is 6.13. The number of nitrogens with zero attached hydrogens (tertiary/aromatic N) is 2. The monoisotopic (exact) mass is 214 g/mol. The van der Waals surface area contributed by atoms with Crippen molar-refractivity contribution in [3.05, 3.63) is 18.0 Å². The molecule has 2 unspecified atom stereocenters. The number of aromatic nitrogens is 2. The fourth-order valence-electron chi connectivity index (χ4n) is 1.68. The summed E-state index contributed by atoms with van der Waals surface area (Å²) >= 11 is 6.13. The molecular weight excluding hydrogens is 200 g/mol. The predicted octanol–water partition coefficient (Wildman–Crippen LogP) is 2.53. The molecule has 1 aromatic rings. The van der Waals surface area contributed by atoms with Gasteiger partial charge in [-0.2, -0.15) is 5.10 Å². The molecule has 0 spiro atoms. The number of ether oxygens (including phenoxy) is 1. The summed E-state index contributed by atoms with van der Waals surface area (Å²) in [5.41, 5.74) is 1.11. The van der Waals surface area contributed by atoms with Crippen molar-refractivity contribution < 1.29 is 4.74 Å². The van der Waals surface area contributed by atoms with Crippen LogP contribution in [0.4, 0.5) is 0 Å². The van der Waals surface area contributed by atoms with Crippen molar-refractivity contribution in [1.29, 1.82) is 0 Å². The van der Waals surface area contributed by atoms with E-state index in [0.717, 1.165) is 31.6 Å². The zero-order valence-corrected chi connectivity index (χ0v) is 9.07. The highest BCUT2D eigenvalue weighted by Crippen LogP contribution is 2.25. The van der Waals surface area contributed by atoms with Gasteiger partial charge in [-0.05, 0) is 12.8 Å². The predicted molar refractivity (Wildman–Crippen MR) is 55.6 cm³/mol. The van der Waals surface area contributed by atoms with E-state index in [-0.39, 0.29) is 5.38 Å². The Kier molecular flexibility index (Phi) is 3.08. The third-order valence-electron chi connectivity index (χ3n) is 2.62. The molecule has 0 saturated carbocycles. The van der Waals surface area contributed by atoms with Crippen LogP contribution in [0.1, 0.15) is 36.7 Å². The Balaban J connectivity index is 2.08. The number of hydrogen-bond donors (Lipinski definition) is 0. The molecule has 2 heterocycles. The molecule has 0 bridgehead atoms. The SMILES string of the molecule is CCC(Cl)c1cnn(C2CCOC2)c1. The van der Waals surface area contributed by atoms with E-state index < -0.39 is 0 Å². The molecule has 78 valence electrons. The second-order valence-corrected chi connectivity index (χ2v) is 4.17. The van der Waals surface area contributed by atoms with Crippen LogP contribution in [0.15, 0.2) is 12.4 Å². The highest BCUT2D eigenvalue weighted by molar-refractivity contribution is 6.20. The smallest absolute Gasteiger partial charge is 0.0774 e. The van der Waals surface area contributed by atoms with Crippen molar-refractivity contribution in [3.63, 3.8) is 0 Å². The van der Waals surface area contributed by atoms with Crippen molar-refractivity contribution >= 4 is 11.6 Å². The summed E-state index contributed by atoms with van der Waals surface area (Å²) in [6.45, 7) is 3.70. The lowest BCUT2D eigenvalue weighted by Crippen LogP contribution is -2.08. The summed E-state index contributed by atoms with van der Waals surface area (Å²) in [6, 6.07) is 0.407. The van der Waals surface area contributed by atoms with Gasteiger partial charge in [-0.25, -0.2) is 0 Å². The molecular formula is C10H15ClN2O. The average molecular weight is 215 g/mol. The van der Waals surface area contributed by atoms with Gasteiger partial charge >= 0.3 is 0 Å². The minimum atomic E-state index is 0.0890. The van der Waals surface area contributed by atoms with E-state index in [0.29, 0.717) is 6.04 Å². The van der Waals surface area contributed by atoms with Crippen LogP contribution >= 0.6 is 11.6 Å². The van der Waals surface area contributed by atoms with E-state index in [2.05, 4.69) is 12.0 Å². The normalized spacial score (nSPS) is 24.0. The van der Waals surface area contributed by atoms with Gasteiger partial charge in [0.05, 0.1) is 24.2 Å². The number of alkyl halides is 1. The number of rotatable bonds is 3. The second-order valence-electron chi connectivity index (χ2n) is 3.65. The molecule has 1 fully saturated rings. The first-order valence-electron chi connectivity index (χ1n) is 5.07. The highest BCUT2D eigenvalue weighted by atomic mass is 35.5. The first kappa shape index (κ1) is 9.99. The van der Waals surface area contributed by atoms with E-state index in [4.69, 9.17) is 16.3 Å². The van der Waals surface area contributed by atoms with Gasteiger partial charge < -0.3 is 4.74 Å². The molecule has 0 N–H and O–H groups in total. The Morgan fingerprint density at radius 1 is 1.79 bits per heavy atom. The van der Waals surface area contributed by atoms with Crippen molar-refractivity contribution in [2.24, 2.45) is 0 Å². The first-order chi connectivity index (χ1) is 6.81. The molecule has 1 aromatic heterocycles. The number of hydrogen-bond acceptors (Lipinski definition) is 2. The van der Waals surface area contributed by atoms with E-state index in [1.165, 1.54) is 0 Å². The quantitative estimate of drug-likeness (QED) is 0.724. The van der Waals surface area contributed by atoms with Crippen molar-refractivity contribution in [3.8, 4) is 0 Å². The van der Waals surface area contributed by atoms with E-state index >= 15 is 0 Å². The summed E-state index contributed by atoms with van der Waals surface area (Å²) in [5, 5.41) is 4.41. The van der Waals surface area contributed by atoms with E-state index in [1.54, 1.807) is 0 Å². The Hall–Kier alpha value is -0.540. The fraction of sp³-hybridized carbons (Fsp3) is 0.700. The molecule has 2 rings (SSSR count). The van der Waals surface area contributed by atoms with Crippen molar-refractivity contribution in [1.82, 2.24) is 9.78 Å². The third kappa shape index (κ3) is 1.93. The van der Waals surface area contributed by atoms with Crippen LogP contribution in [0.5, 0.6) is 0 Å². The molecule has 1 aliphatic heterocycles. The van der Waals surface area contributed by atoms with Gasteiger partial charge in [-0.3, -0.25) is 4.68 Å². The van der Waals surface area contributed by atoms with Crippen molar-refractivity contribution in [2.75, 3.05) is 13.2 Å². The molecule has 1 saturated heterocycles. The molecule has 0 amide bonds. The van der Waals surface area contributed by atoms with E-state index in [1.807, 2.05) is 17.1 Å². The van der Waals surface area contributed by atoms with Crippen LogP contribution in [-0.4, -0.2) is 23.0 Å². The maximum atomic E-state index is 6.13. The molecule has 2 atom stereocenters. The minimum absolute atomic E-state index is 0.0890. The zero-order valence-electron chi connectivity index (χ0n) is 8.32. The van der Waals surface area contributed by atoms with E-state index in [9.17, 15) is 0 Å². The summed E-state index contributed by atoms with van der Waals surface area (Å²) in [5.74, 6) is 0. The standard InChI is InChI=1S/C10H15ClN2O/c1-2-10(11)8-5-12-13(6-8)9-3-4-14-7-9/h5-6,9-10H,2-4,7H2,1H3. The van der Waals surface area contributed by atoms with Crippen LogP contribution in [0.25, 0.3) is 0 Å². The first-order valence-corrected chi connectivity index (χ1v) is 5.50. The summed E-state index contributed by atoms with van der Waals surface area (Å²) in [4.78, 5) is 0. The van der Waals surface area contributed by atoms with Crippen molar-refractivity contribution in [2.45, 2.75) is 31.2 Å². The largest absolute Gasteiger partial charge is 0.379 e. The van der Waals surface area contributed by atoms with Gasteiger partial charge in [0, 0.05) is 18.4 Å². The van der Waals surface area contributed by atoms with Gasteiger partial charge in [-0.15, -0.1) is 11.6 Å². The molecule has 0 aliphatic carbocycles. The fourth-order valence-corrected chi connectivity index (χ4v) is 1.79. The Bertz CT molecular complexity index is 294. The summed E-state index contributed by atoms with van der Waals surface area (Å²) in [7, 11) is 0. The van der Waals surface area contributed by atoms with Crippen LogP contribution in [0.3, 0.4) is 0 Å². The molecule has 3 nitrogen and oxygen atoms in total. The minimum Gasteiger partial charge on any atom is -0.379 e. The average Bonchev–Trinajstić information content (AvgIpc) is 2.86. The van der Waals surface area contributed by atoms with Gasteiger partial charge in [-0.1, -0.05) is 6.92 Å². The third-order valence-corrected chi connectivity index (χ3v) is 3.18. The van der Waals surface area contributed by atoms with Crippen LogP contribution in [0, 0.1) is 0 Å². The molecule has 0 radical (unpaired) electrons.